The molecule has 0 aliphatic heterocycles. The number of halogens is 1. The van der Waals surface area contributed by atoms with Crippen molar-refractivity contribution in [3.8, 4) is 0 Å². The highest BCUT2D eigenvalue weighted by Crippen LogP contribution is 2.26. The molecule has 86 valence electrons. The minimum absolute atomic E-state index is 0.337. The normalized spacial score (nSPS) is 14.2. The van der Waals surface area contributed by atoms with Crippen LogP contribution >= 0.6 is 27.3 Å². The summed E-state index contributed by atoms with van der Waals surface area (Å²) in [5.74, 6) is 0. The van der Waals surface area contributed by atoms with E-state index in [2.05, 4.69) is 60.5 Å². The largest absolute Gasteiger partial charge is 0.316 e. The van der Waals surface area contributed by atoms with Crippen LogP contribution in [0.5, 0.6) is 0 Å². The molecule has 1 aromatic heterocycles. The molecule has 0 aromatic carbocycles. The molecule has 0 fully saturated rings. The Bertz CT molecular complexity index is 301. The highest BCUT2D eigenvalue weighted by molar-refractivity contribution is 9.10. The Morgan fingerprint density at radius 2 is 2.13 bits per heavy atom. The van der Waals surface area contributed by atoms with Crippen LogP contribution in [-0.4, -0.2) is 13.1 Å². The molecular weight excluding hydrogens is 270 g/mol. The van der Waals surface area contributed by atoms with Crippen molar-refractivity contribution in [3.63, 3.8) is 0 Å². The van der Waals surface area contributed by atoms with Crippen molar-refractivity contribution in [2.24, 2.45) is 5.41 Å². The first-order chi connectivity index (χ1) is 6.93. The van der Waals surface area contributed by atoms with Crippen molar-refractivity contribution < 1.29 is 0 Å². The van der Waals surface area contributed by atoms with Crippen LogP contribution in [0.4, 0.5) is 0 Å². The van der Waals surface area contributed by atoms with Gasteiger partial charge in [-0.3, -0.25) is 0 Å². The molecule has 3 heteroatoms. The summed E-state index contributed by atoms with van der Waals surface area (Å²) in [6.07, 6.45) is 2.37. The first-order valence-electron chi connectivity index (χ1n) is 5.33. The lowest BCUT2D eigenvalue weighted by atomic mass is 9.84. The van der Waals surface area contributed by atoms with Gasteiger partial charge in [0.1, 0.15) is 0 Å². The molecule has 1 rings (SSSR count). The molecule has 0 amide bonds. The van der Waals surface area contributed by atoms with E-state index in [1.165, 1.54) is 22.2 Å². The Hall–Kier alpha value is 0.140. The van der Waals surface area contributed by atoms with Gasteiger partial charge in [-0.25, -0.2) is 0 Å². The third-order valence-electron chi connectivity index (χ3n) is 2.70. The summed E-state index contributed by atoms with van der Waals surface area (Å²) in [6, 6.07) is 2.80. The molecule has 1 heterocycles. The van der Waals surface area contributed by atoms with Gasteiger partial charge in [0, 0.05) is 20.8 Å². The van der Waals surface area contributed by atoms with Crippen molar-refractivity contribution in [2.75, 3.05) is 7.05 Å². The highest BCUT2D eigenvalue weighted by Gasteiger charge is 2.22. The van der Waals surface area contributed by atoms with Crippen LogP contribution in [-0.2, 0) is 6.42 Å². The SMILES string of the molecule is CNC(CCc1cc(Br)cs1)C(C)(C)C. The van der Waals surface area contributed by atoms with Gasteiger partial charge in [0.25, 0.3) is 0 Å². The van der Waals surface area contributed by atoms with Gasteiger partial charge in [-0.1, -0.05) is 20.8 Å². The van der Waals surface area contributed by atoms with Gasteiger partial charge >= 0.3 is 0 Å². The summed E-state index contributed by atoms with van der Waals surface area (Å²) >= 11 is 5.33. The average molecular weight is 290 g/mol. The van der Waals surface area contributed by atoms with Gasteiger partial charge in [-0.15, -0.1) is 11.3 Å². The molecule has 1 aromatic rings. The molecule has 0 saturated heterocycles. The summed E-state index contributed by atoms with van der Waals surface area (Å²) in [6.45, 7) is 6.87. The molecular formula is C12H20BrNS. The second kappa shape index (κ2) is 5.46. The van der Waals surface area contributed by atoms with E-state index in [9.17, 15) is 0 Å². The molecule has 1 nitrogen and oxygen atoms in total. The minimum atomic E-state index is 0.337. The van der Waals surface area contributed by atoms with E-state index in [1.807, 2.05) is 11.3 Å². The van der Waals surface area contributed by atoms with Crippen LogP contribution < -0.4 is 5.32 Å². The van der Waals surface area contributed by atoms with E-state index < -0.39 is 0 Å². The maximum Gasteiger partial charge on any atom is 0.0285 e. The molecule has 0 aliphatic carbocycles. The van der Waals surface area contributed by atoms with Crippen LogP contribution in [0, 0.1) is 5.41 Å². The quantitative estimate of drug-likeness (QED) is 0.881. The molecule has 0 radical (unpaired) electrons. The lowest BCUT2D eigenvalue weighted by molar-refractivity contribution is 0.268. The topological polar surface area (TPSA) is 12.0 Å². The standard InChI is InChI=1S/C12H20BrNS/c1-12(2,3)11(14-4)6-5-10-7-9(13)8-15-10/h7-8,11,14H,5-6H2,1-4H3. The van der Waals surface area contributed by atoms with E-state index in [0.717, 1.165) is 0 Å². The zero-order valence-electron chi connectivity index (χ0n) is 9.93. The summed E-state index contributed by atoms with van der Waals surface area (Å²) in [5.41, 5.74) is 0.337. The zero-order valence-corrected chi connectivity index (χ0v) is 12.3. The van der Waals surface area contributed by atoms with E-state index in [4.69, 9.17) is 0 Å². The number of hydrogen-bond donors (Lipinski definition) is 1. The Morgan fingerprint density at radius 3 is 2.53 bits per heavy atom. The lowest BCUT2D eigenvalue weighted by Crippen LogP contribution is -2.38. The predicted octanol–water partition coefficient (Wildman–Crippen LogP) is 4.08. The summed E-state index contributed by atoms with van der Waals surface area (Å²) < 4.78 is 1.21. The fraction of sp³-hybridized carbons (Fsp3) is 0.667. The second-order valence-electron chi connectivity index (χ2n) is 4.98. The molecule has 1 N–H and O–H groups in total. The molecule has 0 spiro atoms. The zero-order chi connectivity index (χ0) is 11.5. The summed E-state index contributed by atoms with van der Waals surface area (Å²) in [7, 11) is 2.06. The molecule has 15 heavy (non-hydrogen) atoms. The van der Waals surface area contributed by atoms with Gasteiger partial charge in [0.05, 0.1) is 0 Å². The minimum Gasteiger partial charge on any atom is -0.316 e. The van der Waals surface area contributed by atoms with E-state index in [-0.39, 0.29) is 0 Å². The summed E-state index contributed by atoms with van der Waals surface area (Å²) in [4.78, 5) is 1.46. The average Bonchev–Trinajstić information content (AvgIpc) is 2.50. The predicted molar refractivity (Wildman–Crippen MR) is 72.6 cm³/mol. The summed E-state index contributed by atoms with van der Waals surface area (Å²) in [5, 5.41) is 5.57. The highest BCUT2D eigenvalue weighted by atomic mass is 79.9. The maximum absolute atomic E-state index is 3.49. The number of thiophene rings is 1. The van der Waals surface area contributed by atoms with Gasteiger partial charge < -0.3 is 5.32 Å². The fourth-order valence-corrected chi connectivity index (χ4v) is 3.25. The van der Waals surface area contributed by atoms with E-state index in [1.54, 1.807) is 0 Å². The van der Waals surface area contributed by atoms with Crippen LogP contribution in [0.1, 0.15) is 32.1 Å². The monoisotopic (exact) mass is 289 g/mol. The van der Waals surface area contributed by atoms with Crippen LogP contribution in [0.3, 0.4) is 0 Å². The number of hydrogen-bond acceptors (Lipinski definition) is 2. The molecule has 1 atom stereocenters. The van der Waals surface area contributed by atoms with Crippen LogP contribution in [0.15, 0.2) is 15.9 Å². The van der Waals surface area contributed by atoms with Gasteiger partial charge in [0.15, 0.2) is 0 Å². The van der Waals surface area contributed by atoms with Gasteiger partial charge in [-0.05, 0) is 47.3 Å². The number of rotatable bonds is 4. The molecule has 0 aliphatic rings. The Labute approximate surface area is 105 Å². The van der Waals surface area contributed by atoms with E-state index >= 15 is 0 Å². The number of aryl methyl sites for hydroxylation is 1. The third-order valence-corrected chi connectivity index (χ3v) is 4.45. The Kier molecular flexibility index (Phi) is 4.81. The van der Waals surface area contributed by atoms with Crippen LogP contribution in [0.2, 0.25) is 0 Å². The van der Waals surface area contributed by atoms with Gasteiger partial charge in [0.2, 0.25) is 0 Å². The van der Waals surface area contributed by atoms with Crippen molar-refractivity contribution in [1.29, 1.82) is 0 Å². The van der Waals surface area contributed by atoms with Gasteiger partial charge in [-0.2, -0.15) is 0 Å². The second-order valence-corrected chi connectivity index (χ2v) is 6.89. The third kappa shape index (κ3) is 4.25. The Balaban J connectivity index is 2.48. The Morgan fingerprint density at radius 1 is 1.47 bits per heavy atom. The first kappa shape index (κ1) is 13.2. The van der Waals surface area contributed by atoms with E-state index in [0.29, 0.717) is 11.5 Å². The van der Waals surface area contributed by atoms with Crippen molar-refractivity contribution in [2.45, 2.75) is 39.7 Å². The number of nitrogens with one attached hydrogen (secondary N) is 1. The van der Waals surface area contributed by atoms with Crippen LogP contribution in [0.25, 0.3) is 0 Å². The van der Waals surface area contributed by atoms with Crippen molar-refractivity contribution >= 4 is 27.3 Å². The van der Waals surface area contributed by atoms with Crippen molar-refractivity contribution in [3.05, 3.63) is 20.8 Å². The first-order valence-corrected chi connectivity index (χ1v) is 7.01. The smallest absolute Gasteiger partial charge is 0.0285 e. The maximum atomic E-state index is 3.49. The molecule has 0 saturated carbocycles. The van der Waals surface area contributed by atoms with Crippen molar-refractivity contribution in [1.82, 2.24) is 5.32 Å². The lowest BCUT2D eigenvalue weighted by Gasteiger charge is -2.30. The fourth-order valence-electron chi connectivity index (χ4n) is 1.78. The molecule has 1 unspecified atom stereocenters. The molecule has 0 bridgehead atoms.